The molecule has 0 spiro atoms. The normalized spacial score (nSPS) is 11.0. The number of aromatic amines is 1. The fraction of sp³-hybridized carbons (Fsp3) is 0.133. The Hall–Kier alpha value is -3.49. The number of carboxylic acid groups (broad SMARTS) is 1. The van der Waals surface area contributed by atoms with Gasteiger partial charge >= 0.3 is 11.6 Å². The predicted octanol–water partition coefficient (Wildman–Crippen LogP) is 1.80. The van der Waals surface area contributed by atoms with Crippen LogP contribution < -0.4 is 11.1 Å². The number of aromatic carboxylic acids is 1. The Balaban J connectivity index is 2.63. The van der Waals surface area contributed by atoms with Crippen molar-refractivity contribution in [1.82, 2.24) is 4.98 Å². The second kappa shape index (κ2) is 5.30. The first-order valence-electron chi connectivity index (χ1n) is 6.88. The first kappa shape index (κ1) is 15.4. The van der Waals surface area contributed by atoms with Gasteiger partial charge < -0.3 is 14.5 Å². The standard InChI is InChI=1S/C15H10N2O7/c1-2-8-11(14(19)20)13(18)10-7-5-6(17(22)23)3-4-9(7)24-15(21)12(10)16-8/h3-5H,2H2,1H3,(H,16,18)(H,19,20). The van der Waals surface area contributed by atoms with Gasteiger partial charge in [0.2, 0.25) is 5.43 Å². The van der Waals surface area contributed by atoms with Gasteiger partial charge in [0.25, 0.3) is 5.69 Å². The highest BCUT2D eigenvalue weighted by atomic mass is 16.6. The van der Waals surface area contributed by atoms with Crippen LogP contribution in [-0.2, 0) is 6.42 Å². The molecule has 1 aromatic carbocycles. The van der Waals surface area contributed by atoms with Crippen LogP contribution in [-0.4, -0.2) is 21.0 Å². The Labute approximate surface area is 132 Å². The van der Waals surface area contributed by atoms with Crippen molar-refractivity contribution in [2.24, 2.45) is 0 Å². The number of pyridine rings is 1. The van der Waals surface area contributed by atoms with Gasteiger partial charge in [-0.15, -0.1) is 0 Å². The zero-order valence-corrected chi connectivity index (χ0v) is 12.3. The van der Waals surface area contributed by atoms with Crippen LogP contribution in [0.25, 0.3) is 21.9 Å². The second-order valence-electron chi connectivity index (χ2n) is 5.04. The van der Waals surface area contributed by atoms with Gasteiger partial charge in [0.1, 0.15) is 16.7 Å². The van der Waals surface area contributed by atoms with Crippen LogP contribution in [0.2, 0.25) is 0 Å². The van der Waals surface area contributed by atoms with E-state index < -0.39 is 27.5 Å². The van der Waals surface area contributed by atoms with Gasteiger partial charge in [-0.05, 0) is 12.5 Å². The second-order valence-corrected chi connectivity index (χ2v) is 5.04. The van der Waals surface area contributed by atoms with Crippen LogP contribution in [0.4, 0.5) is 5.69 Å². The third-order valence-electron chi connectivity index (χ3n) is 3.70. The number of hydrogen-bond acceptors (Lipinski definition) is 6. The molecule has 2 heterocycles. The summed E-state index contributed by atoms with van der Waals surface area (Å²) in [6.07, 6.45) is 0.180. The van der Waals surface area contributed by atoms with Gasteiger partial charge in [-0.3, -0.25) is 14.9 Å². The van der Waals surface area contributed by atoms with Crippen LogP contribution in [0.5, 0.6) is 0 Å². The van der Waals surface area contributed by atoms with Crippen molar-refractivity contribution in [3.63, 3.8) is 0 Å². The smallest absolute Gasteiger partial charge is 0.360 e. The number of carbonyl (C=O) groups is 1. The molecule has 0 saturated heterocycles. The number of hydrogen-bond donors (Lipinski definition) is 2. The number of carboxylic acids is 1. The number of non-ortho nitro benzene ring substituents is 1. The van der Waals surface area contributed by atoms with Crippen molar-refractivity contribution < 1.29 is 19.2 Å². The highest BCUT2D eigenvalue weighted by Gasteiger charge is 2.22. The molecule has 0 aliphatic heterocycles. The maximum atomic E-state index is 12.6. The highest BCUT2D eigenvalue weighted by Crippen LogP contribution is 2.25. The molecule has 9 heteroatoms. The van der Waals surface area contributed by atoms with Crippen molar-refractivity contribution in [2.75, 3.05) is 0 Å². The first-order chi connectivity index (χ1) is 11.3. The molecular formula is C15H10N2O7. The number of fused-ring (bicyclic) bond motifs is 3. The molecule has 0 unspecified atom stereocenters. The molecule has 0 fully saturated rings. The molecule has 0 aliphatic rings. The lowest BCUT2D eigenvalue weighted by molar-refractivity contribution is -0.384. The summed E-state index contributed by atoms with van der Waals surface area (Å²) in [7, 11) is 0. The SMILES string of the molecule is CCc1[nH]c2c(=O)oc3ccc([N+](=O)[O-])cc3c2c(=O)c1C(=O)O. The van der Waals surface area contributed by atoms with Crippen molar-refractivity contribution in [3.05, 3.63) is 60.2 Å². The van der Waals surface area contributed by atoms with Crippen molar-refractivity contribution >= 4 is 33.5 Å². The van der Waals surface area contributed by atoms with E-state index in [9.17, 15) is 29.6 Å². The van der Waals surface area contributed by atoms with E-state index in [2.05, 4.69) is 4.98 Å². The molecule has 0 bridgehead atoms. The summed E-state index contributed by atoms with van der Waals surface area (Å²) in [5.41, 5.74) is -2.71. The van der Waals surface area contributed by atoms with E-state index >= 15 is 0 Å². The van der Waals surface area contributed by atoms with E-state index in [1.165, 1.54) is 6.07 Å². The minimum atomic E-state index is -1.44. The number of rotatable bonds is 3. The Morgan fingerprint density at radius 2 is 2.08 bits per heavy atom. The number of benzene rings is 1. The molecule has 0 aliphatic carbocycles. The summed E-state index contributed by atoms with van der Waals surface area (Å²) in [5, 5.41) is 20.0. The molecule has 122 valence electrons. The van der Waals surface area contributed by atoms with Crippen LogP contribution >= 0.6 is 0 Å². The molecular weight excluding hydrogens is 320 g/mol. The monoisotopic (exact) mass is 330 g/mol. The van der Waals surface area contributed by atoms with E-state index in [0.29, 0.717) is 0 Å². The van der Waals surface area contributed by atoms with Gasteiger partial charge in [-0.1, -0.05) is 6.92 Å². The van der Waals surface area contributed by atoms with E-state index in [-0.39, 0.29) is 39.7 Å². The quantitative estimate of drug-likeness (QED) is 0.322. The van der Waals surface area contributed by atoms with Gasteiger partial charge in [0.15, 0.2) is 0 Å². The number of nitrogens with zero attached hydrogens (tertiary/aromatic N) is 1. The zero-order valence-electron chi connectivity index (χ0n) is 12.3. The van der Waals surface area contributed by atoms with Crippen LogP contribution in [0.1, 0.15) is 23.0 Å². The summed E-state index contributed by atoms with van der Waals surface area (Å²) < 4.78 is 5.07. The van der Waals surface area contributed by atoms with E-state index in [1.54, 1.807) is 6.92 Å². The maximum Gasteiger partial charge on any atom is 0.360 e. The zero-order chi connectivity index (χ0) is 17.6. The molecule has 3 aromatic rings. The lowest BCUT2D eigenvalue weighted by Gasteiger charge is -2.07. The Morgan fingerprint density at radius 1 is 1.38 bits per heavy atom. The third kappa shape index (κ3) is 2.14. The topological polar surface area (TPSA) is 144 Å². The fourth-order valence-electron chi connectivity index (χ4n) is 2.62. The molecule has 2 N–H and O–H groups in total. The number of H-pyrrole nitrogens is 1. The maximum absolute atomic E-state index is 12.6. The van der Waals surface area contributed by atoms with Gasteiger partial charge in [0.05, 0.1) is 10.3 Å². The van der Waals surface area contributed by atoms with E-state index in [4.69, 9.17) is 4.42 Å². The molecule has 3 rings (SSSR count). The van der Waals surface area contributed by atoms with Crippen molar-refractivity contribution in [1.29, 1.82) is 0 Å². The number of nitro groups is 1. The molecule has 2 aromatic heterocycles. The first-order valence-corrected chi connectivity index (χ1v) is 6.88. The number of nitro benzene ring substituents is 1. The molecule has 24 heavy (non-hydrogen) atoms. The minimum absolute atomic E-state index is 0.00482. The van der Waals surface area contributed by atoms with Crippen molar-refractivity contribution in [3.8, 4) is 0 Å². The molecule has 0 atom stereocenters. The fourth-order valence-corrected chi connectivity index (χ4v) is 2.62. The molecule has 0 saturated carbocycles. The summed E-state index contributed by atoms with van der Waals surface area (Å²) in [4.78, 5) is 49.0. The Bertz CT molecular complexity index is 1140. The van der Waals surface area contributed by atoms with Crippen LogP contribution in [0.3, 0.4) is 0 Å². The average molecular weight is 330 g/mol. The average Bonchev–Trinajstić information content (AvgIpc) is 2.53. The highest BCUT2D eigenvalue weighted by molar-refractivity contribution is 6.06. The van der Waals surface area contributed by atoms with Gasteiger partial charge in [-0.2, -0.15) is 0 Å². The molecule has 9 nitrogen and oxygen atoms in total. The van der Waals surface area contributed by atoms with Crippen LogP contribution in [0.15, 0.2) is 32.2 Å². The largest absolute Gasteiger partial charge is 0.477 e. The van der Waals surface area contributed by atoms with E-state index in [1.807, 2.05) is 0 Å². The molecule has 0 amide bonds. The Morgan fingerprint density at radius 3 is 2.67 bits per heavy atom. The predicted molar refractivity (Wildman–Crippen MR) is 83.6 cm³/mol. The lowest BCUT2D eigenvalue weighted by Crippen LogP contribution is -2.22. The minimum Gasteiger partial charge on any atom is -0.477 e. The summed E-state index contributed by atoms with van der Waals surface area (Å²) in [6.45, 7) is 1.62. The summed E-state index contributed by atoms with van der Waals surface area (Å²) in [5.74, 6) is -1.44. The van der Waals surface area contributed by atoms with Gasteiger partial charge in [0, 0.05) is 23.2 Å². The van der Waals surface area contributed by atoms with Gasteiger partial charge in [-0.25, -0.2) is 9.59 Å². The Kier molecular flexibility index (Phi) is 3.40. The number of aromatic nitrogens is 1. The summed E-state index contributed by atoms with van der Waals surface area (Å²) in [6, 6.07) is 3.40. The molecule has 0 radical (unpaired) electrons. The lowest BCUT2D eigenvalue weighted by atomic mass is 10.0. The third-order valence-corrected chi connectivity index (χ3v) is 3.70. The number of nitrogens with one attached hydrogen (secondary N) is 1. The van der Waals surface area contributed by atoms with E-state index in [0.717, 1.165) is 12.1 Å². The van der Waals surface area contributed by atoms with Crippen LogP contribution in [0, 0.1) is 10.1 Å². The summed E-state index contributed by atoms with van der Waals surface area (Å²) >= 11 is 0. The number of aryl methyl sites for hydroxylation is 1. The van der Waals surface area contributed by atoms with Crippen molar-refractivity contribution in [2.45, 2.75) is 13.3 Å².